The van der Waals surface area contributed by atoms with E-state index in [0.717, 1.165) is 12.8 Å². The van der Waals surface area contributed by atoms with Gasteiger partial charge in [0, 0.05) is 10.0 Å². The lowest BCUT2D eigenvalue weighted by Gasteiger charge is -2.15. The SMILES string of the molecule is NC1(c2cc(Br)cc3c2CCC3)CC1. The van der Waals surface area contributed by atoms with E-state index in [0.29, 0.717) is 0 Å². The van der Waals surface area contributed by atoms with Gasteiger partial charge in [0.25, 0.3) is 0 Å². The van der Waals surface area contributed by atoms with Crippen molar-refractivity contribution in [1.29, 1.82) is 0 Å². The Morgan fingerprint density at radius 1 is 1.21 bits per heavy atom. The fourth-order valence-corrected chi connectivity index (χ4v) is 3.02. The zero-order valence-electron chi connectivity index (χ0n) is 8.15. The van der Waals surface area contributed by atoms with E-state index < -0.39 is 0 Å². The van der Waals surface area contributed by atoms with Crippen LogP contribution in [0.4, 0.5) is 0 Å². The quantitative estimate of drug-likeness (QED) is 0.817. The van der Waals surface area contributed by atoms with Gasteiger partial charge in [-0.3, -0.25) is 0 Å². The number of aryl methyl sites for hydroxylation is 1. The highest BCUT2D eigenvalue weighted by Gasteiger charge is 2.42. The monoisotopic (exact) mass is 251 g/mol. The molecule has 2 heteroatoms. The van der Waals surface area contributed by atoms with Crippen LogP contribution in [0.15, 0.2) is 16.6 Å². The van der Waals surface area contributed by atoms with Crippen LogP contribution in [0.3, 0.4) is 0 Å². The third-order valence-electron chi connectivity index (χ3n) is 3.51. The smallest absolute Gasteiger partial charge is 0.0414 e. The molecule has 0 heterocycles. The van der Waals surface area contributed by atoms with Gasteiger partial charge in [-0.1, -0.05) is 15.9 Å². The number of rotatable bonds is 1. The minimum absolute atomic E-state index is 0.0260. The Kier molecular flexibility index (Phi) is 1.80. The van der Waals surface area contributed by atoms with Crippen LogP contribution in [0.2, 0.25) is 0 Å². The summed E-state index contributed by atoms with van der Waals surface area (Å²) in [7, 11) is 0. The third kappa shape index (κ3) is 1.24. The summed E-state index contributed by atoms with van der Waals surface area (Å²) in [4.78, 5) is 0. The van der Waals surface area contributed by atoms with Crippen molar-refractivity contribution in [3.8, 4) is 0 Å². The van der Waals surface area contributed by atoms with Gasteiger partial charge in [0.2, 0.25) is 0 Å². The molecule has 0 radical (unpaired) electrons. The van der Waals surface area contributed by atoms with Gasteiger partial charge in [0.05, 0.1) is 0 Å². The van der Waals surface area contributed by atoms with Crippen molar-refractivity contribution < 1.29 is 0 Å². The lowest BCUT2D eigenvalue weighted by molar-refractivity contribution is 0.726. The molecule has 1 aromatic rings. The number of halogens is 1. The summed E-state index contributed by atoms with van der Waals surface area (Å²) in [5.74, 6) is 0. The van der Waals surface area contributed by atoms with E-state index in [-0.39, 0.29) is 5.54 Å². The summed E-state index contributed by atoms with van der Waals surface area (Å²) >= 11 is 3.58. The summed E-state index contributed by atoms with van der Waals surface area (Å²) in [5.41, 5.74) is 10.8. The summed E-state index contributed by atoms with van der Waals surface area (Å²) < 4.78 is 1.20. The van der Waals surface area contributed by atoms with E-state index in [4.69, 9.17) is 5.73 Å². The molecule has 2 aliphatic carbocycles. The summed E-state index contributed by atoms with van der Waals surface area (Å²) in [6.45, 7) is 0. The van der Waals surface area contributed by atoms with E-state index in [1.807, 2.05) is 0 Å². The number of benzene rings is 1. The normalized spacial score (nSPS) is 22.1. The van der Waals surface area contributed by atoms with Crippen LogP contribution in [0, 0.1) is 0 Å². The maximum Gasteiger partial charge on any atom is 0.0414 e. The highest BCUT2D eigenvalue weighted by molar-refractivity contribution is 9.10. The van der Waals surface area contributed by atoms with Crippen LogP contribution < -0.4 is 5.73 Å². The maximum atomic E-state index is 6.29. The summed E-state index contributed by atoms with van der Waals surface area (Å²) in [6.07, 6.45) is 6.09. The topological polar surface area (TPSA) is 26.0 Å². The van der Waals surface area contributed by atoms with Gasteiger partial charge in [0.15, 0.2) is 0 Å². The Hall–Kier alpha value is -0.340. The molecular formula is C12H14BrN. The van der Waals surface area contributed by atoms with Gasteiger partial charge in [-0.25, -0.2) is 0 Å². The molecule has 1 saturated carbocycles. The van der Waals surface area contributed by atoms with Crippen molar-refractivity contribution in [3.05, 3.63) is 33.3 Å². The molecule has 0 aromatic heterocycles. The van der Waals surface area contributed by atoms with Gasteiger partial charge in [0.1, 0.15) is 0 Å². The first-order valence-electron chi connectivity index (χ1n) is 5.30. The molecule has 1 nitrogen and oxygen atoms in total. The first-order valence-corrected chi connectivity index (χ1v) is 6.09. The Morgan fingerprint density at radius 2 is 2.00 bits per heavy atom. The van der Waals surface area contributed by atoms with Crippen molar-refractivity contribution in [2.45, 2.75) is 37.6 Å². The van der Waals surface area contributed by atoms with Gasteiger partial charge in [-0.05, 0) is 60.9 Å². The Balaban J connectivity index is 2.19. The molecular weight excluding hydrogens is 238 g/mol. The fraction of sp³-hybridized carbons (Fsp3) is 0.500. The largest absolute Gasteiger partial charge is 0.321 e. The fourth-order valence-electron chi connectivity index (χ4n) is 2.52. The van der Waals surface area contributed by atoms with Crippen molar-refractivity contribution >= 4 is 15.9 Å². The van der Waals surface area contributed by atoms with Gasteiger partial charge >= 0.3 is 0 Å². The molecule has 14 heavy (non-hydrogen) atoms. The summed E-state index contributed by atoms with van der Waals surface area (Å²) in [6, 6.07) is 4.49. The minimum atomic E-state index is 0.0260. The zero-order valence-corrected chi connectivity index (χ0v) is 9.73. The van der Waals surface area contributed by atoms with E-state index in [2.05, 4.69) is 28.1 Å². The molecule has 1 fully saturated rings. The predicted molar refractivity (Wildman–Crippen MR) is 61.3 cm³/mol. The number of hydrogen-bond donors (Lipinski definition) is 1. The average Bonchev–Trinajstić information content (AvgIpc) is 2.74. The molecule has 0 spiro atoms. The van der Waals surface area contributed by atoms with Gasteiger partial charge in [-0.2, -0.15) is 0 Å². The van der Waals surface area contributed by atoms with Gasteiger partial charge in [-0.15, -0.1) is 0 Å². The second kappa shape index (κ2) is 2.83. The maximum absolute atomic E-state index is 6.29. The van der Waals surface area contributed by atoms with Crippen LogP contribution in [-0.4, -0.2) is 0 Å². The van der Waals surface area contributed by atoms with Crippen molar-refractivity contribution in [3.63, 3.8) is 0 Å². The second-order valence-electron chi connectivity index (χ2n) is 4.60. The molecule has 3 rings (SSSR count). The minimum Gasteiger partial charge on any atom is -0.321 e. The molecule has 0 atom stereocenters. The molecule has 0 bridgehead atoms. The highest BCUT2D eigenvalue weighted by atomic mass is 79.9. The van der Waals surface area contributed by atoms with E-state index in [1.165, 1.54) is 34.9 Å². The van der Waals surface area contributed by atoms with Gasteiger partial charge < -0.3 is 5.73 Å². The lowest BCUT2D eigenvalue weighted by atomic mass is 9.96. The van der Waals surface area contributed by atoms with E-state index in [1.54, 1.807) is 5.56 Å². The highest BCUT2D eigenvalue weighted by Crippen LogP contribution is 2.47. The molecule has 0 saturated heterocycles. The van der Waals surface area contributed by atoms with Crippen LogP contribution >= 0.6 is 15.9 Å². The number of nitrogens with two attached hydrogens (primary N) is 1. The molecule has 74 valence electrons. The first-order chi connectivity index (χ1) is 6.69. The standard InChI is InChI=1S/C12H14BrN/c13-9-6-8-2-1-3-10(8)11(7-9)12(14)4-5-12/h6-7H,1-5,14H2. The molecule has 2 aliphatic rings. The molecule has 0 unspecified atom stereocenters. The van der Waals surface area contributed by atoms with Crippen LogP contribution in [0.1, 0.15) is 36.0 Å². The lowest BCUT2D eigenvalue weighted by Crippen LogP contribution is -2.20. The average molecular weight is 252 g/mol. The molecule has 2 N–H and O–H groups in total. The van der Waals surface area contributed by atoms with E-state index in [9.17, 15) is 0 Å². The Bertz CT molecular complexity index is 394. The van der Waals surface area contributed by atoms with Crippen LogP contribution in [-0.2, 0) is 18.4 Å². The zero-order chi connectivity index (χ0) is 9.76. The predicted octanol–water partition coefficient (Wildman–Crippen LogP) is 2.89. The number of hydrogen-bond acceptors (Lipinski definition) is 1. The molecule has 0 aliphatic heterocycles. The Morgan fingerprint density at radius 3 is 2.71 bits per heavy atom. The molecule has 0 amide bonds. The van der Waals surface area contributed by atoms with Crippen molar-refractivity contribution in [2.24, 2.45) is 5.73 Å². The van der Waals surface area contributed by atoms with Crippen LogP contribution in [0.25, 0.3) is 0 Å². The first kappa shape index (κ1) is 8.93. The van der Waals surface area contributed by atoms with E-state index >= 15 is 0 Å². The van der Waals surface area contributed by atoms with Crippen molar-refractivity contribution in [2.75, 3.05) is 0 Å². The summed E-state index contributed by atoms with van der Waals surface area (Å²) in [5, 5.41) is 0. The third-order valence-corrected chi connectivity index (χ3v) is 3.96. The second-order valence-corrected chi connectivity index (χ2v) is 5.52. The van der Waals surface area contributed by atoms with Crippen LogP contribution in [0.5, 0.6) is 0 Å². The Labute approximate surface area is 92.8 Å². The van der Waals surface area contributed by atoms with Crippen molar-refractivity contribution in [1.82, 2.24) is 0 Å². The molecule has 1 aromatic carbocycles. The number of fused-ring (bicyclic) bond motifs is 1.